The van der Waals surface area contributed by atoms with Gasteiger partial charge >= 0.3 is 0 Å². The first-order chi connectivity index (χ1) is 14.7. The van der Waals surface area contributed by atoms with Crippen LogP contribution in [0.1, 0.15) is 5.56 Å². The molecule has 2 aromatic carbocycles. The number of para-hydroxylation sites is 1. The first-order valence-corrected chi connectivity index (χ1v) is 10.3. The average Bonchev–Trinajstić information content (AvgIpc) is 3.30. The number of pyridine rings is 1. The van der Waals surface area contributed by atoms with Gasteiger partial charge in [0, 0.05) is 29.8 Å². The highest BCUT2D eigenvalue weighted by atomic mass is 32.1. The summed E-state index contributed by atoms with van der Waals surface area (Å²) >= 11 is 1.47. The smallest absolute Gasteiger partial charge is 0.279 e. The summed E-state index contributed by atoms with van der Waals surface area (Å²) < 4.78 is 1.75. The molecule has 0 fully saturated rings. The molecule has 2 aromatic heterocycles. The monoisotopic (exact) mass is 411 g/mol. The fraction of sp³-hybridized carbons (Fsp3) is 0.0435. The van der Waals surface area contributed by atoms with Crippen LogP contribution in [-0.4, -0.2) is 28.3 Å². The quantitative estimate of drug-likeness (QED) is 0.510. The minimum Gasteiger partial charge on any atom is -0.309 e. The van der Waals surface area contributed by atoms with Crippen LogP contribution >= 0.6 is 11.3 Å². The van der Waals surface area contributed by atoms with Gasteiger partial charge in [-0.3, -0.25) is 9.78 Å². The van der Waals surface area contributed by atoms with Gasteiger partial charge < -0.3 is 4.90 Å². The lowest BCUT2D eigenvalue weighted by Gasteiger charge is -2.07. The number of carbonyl (C=O) groups excluding carboxylic acids is 1. The van der Waals surface area contributed by atoms with Crippen LogP contribution in [0.15, 0.2) is 94.6 Å². The molecule has 0 saturated heterocycles. The normalized spacial score (nSPS) is 15.1. The number of hydrogen-bond donors (Lipinski definition) is 0. The Bertz CT molecular complexity index is 1320. The van der Waals surface area contributed by atoms with Crippen molar-refractivity contribution in [2.75, 3.05) is 11.9 Å². The number of anilines is 1. The standard InChI is InChI=1S/C23H17N5OS/c1-27-19-12-6-5-11-18(19)21(22(27)29)26-28-20(16-8-3-2-4-9-16)15-30-23(28)25-17-10-7-13-24-14-17/h2-15H,1H3. The minimum absolute atomic E-state index is 0.138. The first kappa shape index (κ1) is 18.2. The number of rotatable bonds is 3. The maximum absolute atomic E-state index is 13.0. The van der Waals surface area contributed by atoms with Crippen molar-refractivity contribution in [3.63, 3.8) is 0 Å². The van der Waals surface area contributed by atoms with E-state index in [-0.39, 0.29) is 5.91 Å². The third-order valence-electron chi connectivity index (χ3n) is 4.85. The zero-order valence-corrected chi connectivity index (χ0v) is 17.0. The molecule has 1 aliphatic rings. The van der Waals surface area contributed by atoms with Crippen LogP contribution in [0.5, 0.6) is 0 Å². The van der Waals surface area contributed by atoms with Crippen LogP contribution in [0.2, 0.25) is 0 Å². The molecule has 0 aliphatic carbocycles. The Morgan fingerprint density at radius 3 is 2.57 bits per heavy atom. The zero-order valence-electron chi connectivity index (χ0n) is 16.1. The second kappa shape index (κ2) is 7.53. The minimum atomic E-state index is -0.138. The van der Waals surface area contributed by atoms with Crippen molar-refractivity contribution in [3.05, 3.63) is 94.9 Å². The molecule has 0 bridgehead atoms. The van der Waals surface area contributed by atoms with Crippen LogP contribution in [0.3, 0.4) is 0 Å². The second-order valence-electron chi connectivity index (χ2n) is 6.73. The van der Waals surface area contributed by atoms with Crippen molar-refractivity contribution >= 4 is 34.3 Å². The van der Waals surface area contributed by atoms with Crippen LogP contribution in [0, 0.1) is 0 Å². The summed E-state index contributed by atoms with van der Waals surface area (Å²) in [6, 6.07) is 21.4. The third kappa shape index (κ3) is 3.15. The number of fused-ring (bicyclic) bond motifs is 1. The lowest BCUT2D eigenvalue weighted by molar-refractivity contribution is -0.112. The maximum atomic E-state index is 13.0. The van der Waals surface area contributed by atoms with E-state index in [1.165, 1.54) is 11.3 Å². The molecule has 4 aromatic rings. The molecular weight excluding hydrogens is 394 g/mol. The molecule has 146 valence electrons. The molecule has 1 amide bonds. The van der Waals surface area contributed by atoms with E-state index in [1.54, 1.807) is 29.0 Å². The number of benzene rings is 2. The molecule has 30 heavy (non-hydrogen) atoms. The number of amides is 1. The Labute approximate surface area is 177 Å². The summed E-state index contributed by atoms with van der Waals surface area (Å²) in [5.41, 5.74) is 4.66. The molecule has 7 heteroatoms. The highest BCUT2D eigenvalue weighted by molar-refractivity contribution is 7.07. The third-order valence-corrected chi connectivity index (χ3v) is 5.67. The van der Waals surface area contributed by atoms with Crippen molar-refractivity contribution in [3.8, 4) is 11.3 Å². The lowest BCUT2D eigenvalue weighted by atomic mass is 10.1. The van der Waals surface area contributed by atoms with Gasteiger partial charge in [0.05, 0.1) is 23.3 Å². The Kier molecular flexibility index (Phi) is 4.57. The van der Waals surface area contributed by atoms with Gasteiger partial charge in [0.25, 0.3) is 5.91 Å². The van der Waals surface area contributed by atoms with Gasteiger partial charge in [0.1, 0.15) is 0 Å². The molecule has 1 aliphatic heterocycles. The van der Waals surface area contributed by atoms with Gasteiger partial charge in [-0.1, -0.05) is 48.5 Å². The van der Waals surface area contributed by atoms with E-state index in [1.807, 2.05) is 72.1 Å². The highest BCUT2D eigenvalue weighted by Crippen LogP contribution is 2.28. The van der Waals surface area contributed by atoms with Crippen LogP contribution in [0.4, 0.5) is 11.4 Å². The van der Waals surface area contributed by atoms with E-state index in [9.17, 15) is 4.79 Å². The van der Waals surface area contributed by atoms with Gasteiger partial charge in [-0.25, -0.2) is 9.67 Å². The second-order valence-corrected chi connectivity index (χ2v) is 7.57. The number of aromatic nitrogens is 2. The van der Waals surface area contributed by atoms with Gasteiger partial charge in [0.15, 0.2) is 5.71 Å². The highest BCUT2D eigenvalue weighted by Gasteiger charge is 2.31. The van der Waals surface area contributed by atoms with Crippen molar-refractivity contribution < 1.29 is 4.79 Å². The predicted molar refractivity (Wildman–Crippen MR) is 119 cm³/mol. The molecule has 0 N–H and O–H groups in total. The largest absolute Gasteiger partial charge is 0.309 e. The summed E-state index contributed by atoms with van der Waals surface area (Å²) in [6.45, 7) is 0. The summed E-state index contributed by atoms with van der Waals surface area (Å²) in [5, 5.41) is 6.81. The zero-order chi connectivity index (χ0) is 20.5. The van der Waals surface area contributed by atoms with Gasteiger partial charge in [-0.2, -0.15) is 5.10 Å². The molecular formula is C23H17N5OS. The Balaban J connectivity index is 1.75. The van der Waals surface area contributed by atoms with Crippen LogP contribution in [-0.2, 0) is 4.79 Å². The molecule has 0 spiro atoms. The van der Waals surface area contributed by atoms with Crippen molar-refractivity contribution in [2.45, 2.75) is 0 Å². The van der Waals surface area contributed by atoms with Gasteiger partial charge in [-0.15, -0.1) is 11.3 Å². The first-order valence-electron chi connectivity index (χ1n) is 9.39. The number of thiazole rings is 1. The molecule has 5 rings (SSSR count). The fourth-order valence-corrected chi connectivity index (χ4v) is 4.21. The summed E-state index contributed by atoms with van der Waals surface area (Å²) in [5.74, 6) is -0.138. The molecule has 3 heterocycles. The van der Waals surface area contributed by atoms with E-state index in [4.69, 9.17) is 10.1 Å². The summed E-state index contributed by atoms with van der Waals surface area (Å²) in [4.78, 5) is 24.1. The average molecular weight is 411 g/mol. The van der Waals surface area contributed by atoms with Crippen molar-refractivity contribution in [2.24, 2.45) is 10.1 Å². The van der Waals surface area contributed by atoms with Crippen LogP contribution < -0.4 is 9.70 Å². The van der Waals surface area contributed by atoms with Crippen molar-refractivity contribution in [1.29, 1.82) is 0 Å². The topological polar surface area (TPSA) is 62.9 Å². The number of hydrogen-bond acceptors (Lipinski definition) is 5. The number of nitrogens with zero attached hydrogens (tertiary/aromatic N) is 5. The van der Waals surface area contributed by atoms with E-state index in [0.717, 1.165) is 28.2 Å². The lowest BCUT2D eigenvalue weighted by Crippen LogP contribution is -2.27. The van der Waals surface area contributed by atoms with E-state index in [2.05, 4.69) is 4.98 Å². The SMILES string of the molecule is CN1C(=O)C(=Nn2c(-c3ccccc3)csc2=Nc2cccnc2)c2ccccc21. The van der Waals surface area contributed by atoms with E-state index >= 15 is 0 Å². The number of likely N-dealkylation sites (N-methyl/N-ethyl adjacent to an activating group) is 1. The maximum Gasteiger partial charge on any atom is 0.279 e. The molecule has 0 saturated carbocycles. The molecule has 0 atom stereocenters. The molecule has 0 radical (unpaired) electrons. The predicted octanol–water partition coefficient (Wildman–Crippen LogP) is 4.07. The van der Waals surface area contributed by atoms with Crippen LogP contribution in [0.25, 0.3) is 11.3 Å². The Morgan fingerprint density at radius 2 is 1.77 bits per heavy atom. The Morgan fingerprint density at radius 1 is 0.967 bits per heavy atom. The van der Waals surface area contributed by atoms with Crippen molar-refractivity contribution in [1.82, 2.24) is 9.66 Å². The summed E-state index contributed by atoms with van der Waals surface area (Å²) in [6.07, 6.45) is 3.41. The summed E-state index contributed by atoms with van der Waals surface area (Å²) in [7, 11) is 1.76. The number of carbonyl (C=O) groups is 1. The van der Waals surface area contributed by atoms with Gasteiger partial charge in [-0.05, 0) is 18.2 Å². The molecule has 0 unspecified atom stereocenters. The van der Waals surface area contributed by atoms with E-state index < -0.39 is 0 Å². The fourth-order valence-electron chi connectivity index (χ4n) is 3.36. The van der Waals surface area contributed by atoms with E-state index in [0.29, 0.717) is 10.5 Å². The Hall–Kier alpha value is -3.84. The van der Waals surface area contributed by atoms with Gasteiger partial charge in [0.2, 0.25) is 4.80 Å². The molecule has 6 nitrogen and oxygen atoms in total.